The zero-order valence-corrected chi connectivity index (χ0v) is 13.6. The van der Waals surface area contributed by atoms with E-state index in [0.717, 1.165) is 6.42 Å². The highest BCUT2D eigenvalue weighted by Gasteiger charge is 2.67. The Morgan fingerprint density at radius 1 is 1.15 bits per heavy atom. The number of hydrogen-bond donors (Lipinski definition) is 1. The van der Waals surface area contributed by atoms with E-state index in [1.165, 1.54) is 36.0 Å². The van der Waals surface area contributed by atoms with E-state index in [4.69, 9.17) is 0 Å². The molecule has 0 spiro atoms. The van der Waals surface area contributed by atoms with E-state index >= 15 is 0 Å². The average Bonchev–Trinajstić information content (AvgIpc) is 2.82. The fraction of sp³-hybridized carbons (Fsp3) is 0.684. The first kappa shape index (κ1) is 14.1. The van der Waals surface area contributed by atoms with Crippen molar-refractivity contribution >= 4 is 0 Å². The molecule has 3 rings (SSSR count). The molecular weight excluding hydrogens is 244 g/mol. The number of benzene rings is 1. The second kappa shape index (κ2) is 4.10. The summed E-state index contributed by atoms with van der Waals surface area (Å²) in [6.07, 6.45) is 4.47. The minimum absolute atomic E-state index is 0.0266. The predicted molar refractivity (Wildman–Crippen MR) is 83.8 cm³/mol. The highest BCUT2D eigenvalue weighted by atomic mass is 16.3. The Hall–Kier alpha value is -0.820. The van der Waals surface area contributed by atoms with Gasteiger partial charge in [-0.05, 0) is 66.5 Å². The van der Waals surface area contributed by atoms with Crippen LogP contribution in [0.2, 0.25) is 0 Å². The lowest BCUT2D eigenvalue weighted by molar-refractivity contribution is -0.141. The van der Waals surface area contributed by atoms with Gasteiger partial charge in [0.25, 0.3) is 0 Å². The van der Waals surface area contributed by atoms with Gasteiger partial charge in [0.15, 0.2) is 0 Å². The molecule has 0 aliphatic heterocycles. The second-order valence-corrected chi connectivity index (χ2v) is 8.18. The molecule has 3 atom stereocenters. The zero-order chi connectivity index (χ0) is 14.8. The molecule has 1 heteroatoms. The van der Waals surface area contributed by atoms with Crippen LogP contribution in [0.3, 0.4) is 0 Å². The summed E-state index contributed by atoms with van der Waals surface area (Å²) < 4.78 is 0. The molecular formula is C19H28O. The molecule has 0 saturated heterocycles. The third-order valence-corrected chi connectivity index (χ3v) is 6.86. The average molecular weight is 272 g/mol. The highest BCUT2D eigenvalue weighted by Crippen LogP contribution is 2.68. The van der Waals surface area contributed by atoms with Gasteiger partial charge in [-0.2, -0.15) is 0 Å². The van der Waals surface area contributed by atoms with Gasteiger partial charge in [0.05, 0.1) is 5.60 Å². The Labute approximate surface area is 123 Å². The molecule has 1 aromatic rings. The van der Waals surface area contributed by atoms with Crippen molar-refractivity contribution in [3.63, 3.8) is 0 Å². The molecule has 0 amide bonds. The quantitative estimate of drug-likeness (QED) is 0.844. The Bertz CT molecular complexity index is 538. The summed E-state index contributed by atoms with van der Waals surface area (Å²) >= 11 is 0. The van der Waals surface area contributed by atoms with Gasteiger partial charge < -0.3 is 5.11 Å². The molecule has 0 heterocycles. The smallest absolute Gasteiger partial charge is 0.0794 e. The normalized spacial score (nSPS) is 38.4. The number of fused-ring (bicyclic) bond motifs is 2. The number of rotatable bonds is 2. The highest BCUT2D eigenvalue weighted by molar-refractivity contribution is 5.33. The van der Waals surface area contributed by atoms with Crippen LogP contribution in [-0.2, 0) is 6.42 Å². The van der Waals surface area contributed by atoms with E-state index in [0.29, 0.717) is 5.92 Å². The van der Waals surface area contributed by atoms with Gasteiger partial charge in [-0.1, -0.05) is 39.0 Å². The molecule has 1 aromatic carbocycles. The summed E-state index contributed by atoms with van der Waals surface area (Å²) in [7, 11) is 0. The minimum Gasteiger partial charge on any atom is -0.388 e. The van der Waals surface area contributed by atoms with Crippen molar-refractivity contribution in [2.45, 2.75) is 65.9 Å². The van der Waals surface area contributed by atoms with Crippen LogP contribution in [0.5, 0.6) is 0 Å². The third kappa shape index (κ3) is 1.65. The van der Waals surface area contributed by atoms with Crippen LogP contribution in [-0.4, -0.2) is 10.7 Å². The van der Waals surface area contributed by atoms with Crippen LogP contribution in [0.1, 0.15) is 56.7 Å². The van der Waals surface area contributed by atoms with Crippen LogP contribution >= 0.6 is 0 Å². The number of aryl methyl sites for hydroxylation is 2. The molecule has 110 valence electrons. The van der Waals surface area contributed by atoms with Crippen LogP contribution in [0.4, 0.5) is 0 Å². The van der Waals surface area contributed by atoms with Gasteiger partial charge in [0, 0.05) is 6.42 Å². The number of hydrogen-bond acceptors (Lipinski definition) is 1. The molecule has 0 radical (unpaired) electrons. The van der Waals surface area contributed by atoms with E-state index in [2.05, 4.69) is 52.8 Å². The monoisotopic (exact) mass is 272 g/mol. The van der Waals surface area contributed by atoms with E-state index in [-0.39, 0.29) is 10.8 Å². The van der Waals surface area contributed by atoms with Crippen LogP contribution in [0.25, 0.3) is 0 Å². The van der Waals surface area contributed by atoms with Crippen molar-refractivity contribution in [1.29, 1.82) is 0 Å². The van der Waals surface area contributed by atoms with Crippen molar-refractivity contribution in [3.05, 3.63) is 34.9 Å². The zero-order valence-electron chi connectivity index (χ0n) is 13.6. The van der Waals surface area contributed by atoms with Crippen molar-refractivity contribution in [2.75, 3.05) is 0 Å². The van der Waals surface area contributed by atoms with Gasteiger partial charge >= 0.3 is 0 Å². The topological polar surface area (TPSA) is 20.2 Å². The second-order valence-electron chi connectivity index (χ2n) is 8.18. The molecule has 2 saturated carbocycles. The molecule has 20 heavy (non-hydrogen) atoms. The van der Waals surface area contributed by atoms with Crippen LogP contribution in [0, 0.1) is 30.6 Å². The maximum Gasteiger partial charge on any atom is 0.0794 e. The Balaban J connectivity index is 1.98. The number of aliphatic hydroxyl groups is 1. The lowest BCUT2D eigenvalue weighted by Crippen LogP contribution is -2.55. The maximum atomic E-state index is 11.6. The fourth-order valence-corrected chi connectivity index (χ4v) is 5.00. The van der Waals surface area contributed by atoms with Gasteiger partial charge in [0.1, 0.15) is 0 Å². The Morgan fingerprint density at radius 3 is 2.40 bits per heavy atom. The predicted octanol–water partition coefficient (Wildman–Crippen LogP) is 4.42. The summed E-state index contributed by atoms with van der Waals surface area (Å²) in [5.41, 5.74) is 3.51. The Morgan fingerprint density at radius 2 is 1.85 bits per heavy atom. The van der Waals surface area contributed by atoms with Crippen LogP contribution in [0.15, 0.2) is 18.2 Å². The lowest BCUT2D eigenvalue weighted by Gasteiger charge is -2.51. The van der Waals surface area contributed by atoms with Gasteiger partial charge in [-0.3, -0.25) is 0 Å². The SMILES string of the molecule is Cc1ccc(CC2(O)C3(C)CCC(C3)C2(C)C)cc1C. The molecule has 2 aliphatic rings. The lowest BCUT2D eigenvalue weighted by atomic mass is 9.58. The summed E-state index contributed by atoms with van der Waals surface area (Å²) in [5, 5.41) is 11.6. The standard InChI is InChI=1S/C19H28O/c1-13-6-7-15(10-14(13)2)11-19(20)17(3,4)16-8-9-18(19,5)12-16/h6-7,10,16,20H,8-9,11-12H2,1-5H3. The van der Waals surface area contributed by atoms with Gasteiger partial charge in [-0.15, -0.1) is 0 Å². The van der Waals surface area contributed by atoms with Crippen molar-refractivity contribution < 1.29 is 5.11 Å². The molecule has 2 aliphatic carbocycles. The summed E-state index contributed by atoms with van der Waals surface area (Å²) in [5.74, 6) is 0.684. The van der Waals surface area contributed by atoms with Gasteiger partial charge in [-0.25, -0.2) is 0 Å². The molecule has 0 aromatic heterocycles. The molecule has 2 bridgehead atoms. The first-order valence-electron chi connectivity index (χ1n) is 7.98. The molecule has 1 nitrogen and oxygen atoms in total. The first-order valence-corrected chi connectivity index (χ1v) is 7.98. The van der Waals surface area contributed by atoms with Crippen LogP contribution < -0.4 is 0 Å². The van der Waals surface area contributed by atoms with Crippen molar-refractivity contribution in [3.8, 4) is 0 Å². The van der Waals surface area contributed by atoms with E-state index in [9.17, 15) is 5.11 Å². The van der Waals surface area contributed by atoms with E-state index in [1.807, 2.05) is 0 Å². The van der Waals surface area contributed by atoms with E-state index < -0.39 is 5.60 Å². The van der Waals surface area contributed by atoms with Crippen molar-refractivity contribution in [2.24, 2.45) is 16.7 Å². The summed E-state index contributed by atoms with van der Waals surface area (Å²) in [6, 6.07) is 6.65. The van der Waals surface area contributed by atoms with Crippen molar-refractivity contribution in [1.82, 2.24) is 0 Å². The minimum atomic E-state index is -0.565. The molecule has 1 N–H and O–H groups in total. The first-order chi connectivity index (χ1) is 9.20. The molecule has 2 fully saturated rings. The summed E-state index contributed by atoms with van der Waals surface area (Å²) in [6.45, 7) is 11.2. The molecule has 3 unspecified atom stereocenters. The third-order valence-electron chi connectivity index (χ3n) is 6.86. The summed E-state index contributed by atoms with van der Waals surface area (Å²) in [4.78, 5) is 0. The van der Waals surface area contributed by atoms with Gasteiger partial charge in [0.2, 0.25) is 0 Å². The Kier molecular flexibility index (Phi) is 2.90. The van der Waals surface area contributed by atoms with E-state index in [1.54, 1.807) is 0 Å². The fourth-order valence-electron chi connectivity index (χ4n) is 5.00. The maximum absolute atomic E-state index is 11.6. The largest absolute Gasteiger partial charge is 0.388 e.